The number of hydrogen-bond acceptors (Lipinski definition) is 1. The fourth-order valence-electron chi connectivity index (χ4n) is 1.32. The molecule has 0 saturated heterocycles. The smallest absolute Gasteiger partial charge is 0.191 e. The van der Waals surface area contributed by atoms with Gasteiger partial charge >= 0.3 is 0 Å². The van der Waals surface area contributed by atoms with E-state index in [4.69, 9.17) is 4.43 Å². The highest BCUT2D eigenvalue weighted by Gasteiger charge is 2.36. The maximum absolute atomic E-state index is 6.14. The molecule has 0 rings (SSSR count). The molecule has 0 aliphatic carbocycles. The fourth-order valence-corrected chi connectivity index (χ4v) is 2.68. The van der Waals surface area contributed by atoms with Gasteiger partial charge in [-0.1, -0.05) is 55.6 Å². The van der Waals surface area contributed by atoms with Gasteiger partial charge in [0.25, 0.3) is 0 Å². The van der Waals surface area contributed by atoms with Crippen molar-refractivity contribution in [2.24, 2.45) is 0 Å². The van der Waals surface area contributed by atoms with Gasteiger partial charge in [-0.15, -0.1) is 0 Å². The molecule has 0 amide bonds. The summed E-state index contributed by atoms with van der Waals surface area (Å²) in [5.41, 5.74) is 0. The summed E-state index contributed by atoms with van der Waals surface area (Å²) in [6, 6.07) is 0. The average molecular weight is 321 g/mol. The van der Waals surface area contributed by atoms with Crippen LogP contribution in [0.15, 0.2) is 11.1 Å². The van der Waals surface area contributed by atoms with E-state index < -0.39 is 8.32 Å². The molecule has 0 aromatic rings. The minimum atomic E-state index is -1.50. The standard InChI is InChI=1S/C14H29BrOSi/c1-14(2,3)17(4,5)16-13-11-9-7-6-8-10-12-15/h10,12H,6-9,11,13H2,1-5H3/b12-10-. The molecule has 0 atom stereocenters. The summed E-state index contributed by atoms with van der Waals surface area (Å²) < 4.78 is 6.14. The molecule has 0 aliphatic heterocycles. The third-order valence-corrected chi connectivity index (χ3v) is 8.54. The minimum Gasteiger partial charge on any atom is -0.417 e. The van der Waals surface area contributed by atoms with Crippen molar-refractivity contribution in [3.05, 3.63) is 11.1 Å². The lowest BCUT2D eigenvalue weighted by atomic mass is 10.1. The van der Waals surface area contributed by atoms with Crippen molar-refractivity contribution >= 4 is 24.2 Å². The Bertz CT molecular complexity index is 219. The summed E-state index contributed by atoms with van der Waals surface area (Å²) in [5, 5.41) is 0.341. The van der Waals surface area contributed by atoms with Crippen LogP contribution in [0.3, 0.4) is 0 Å². The Kier molecular flexibility index (Phi) is 8.69. The predicted octanol–water partition coefficient (Wildman–Crippen LogP) is 5.87. The molecule has 0 aromatic heterocycles. The number of allylic oxidation sites excluding steroid dienone is 1. The van der Waals surface area contributed by atoms with E-state index in [0.717, 1.165) is 6.61 Å². The van der Waals surface area contributed by atoms with E-state index >= 15 is 0 Å². The van der Waals surface area contributed by atoms with Crippen LogP contribution in [0.1, 0.15) is 52.9 Å². The van der Waals surface area contributed by atoms with E-state index in [-0.39, 0.29) is 0 Å². The second-order valence-corrected chi connectivity index (χ2v) is 11.5. The van der Waals surface area contributed by atoms with E-state index in [2.05, 4.69) is 55.9 Å². The first-order valence-electron chi connectivity index (χ1n) is 6.70. The lowest BCUT2D eigenvalue weighted by Gasteiger charge is -2.36. The molecule has 0 unspecified atom stereocenters. The summed E-state index contributed by atoms with van der Waals surface area (Å²) >= 11 is 3.29. The van der Waals surface area contributed by atoms with Crippen molar-refractivity contribution in [2.75, 3.05) is 6.61 Å². The number of unbranched alkanes of at least 4 members (excludes halogenated alkanes) is 4. The average Bonchev–Trinajstić information content (AvgIpc) is 2.20. The van der Waals surface area contributed by atoms with E-state index in [0.29, 0.717) is 5.04 Å². The quantitative estimate of drug-likeness (QED) is 0.401. The third-order valence-electron chi connectivity index (χ3n) is 3.62. The first-order valence-corrected chi connectivity index (χ1v) is 10.5. The van der Waals surface area contributed by atoms with Gasteiger partial charge in [0.15, 0.2) is 8.32 Å². The largest absolute Gasteiger partial charge is 0.417 e. The molecule has 0 fully saturated rings. The molecule has 0 bridgehead atoms. The van der Waals surface area contributed by atoms with Crippen LogP contribution >= 0.6 is 15.9 Å². The molecule has 1 nitrogen and oxygen atoms in total. The Hall–Kier alpha value is 0.397. The van der Waals surface area contributed by atoms with Crippen molar-refractivity contribution in [1.29, 1.82) is 0 Å². The number of halogens is 1. The molecule has 0 heterocycles. The molecule has 17 heavy (non-hydrogen) atoms. The first kappa shape index (κ1) is 17.4. The monoisotopic (exact) mass is 320 g/mol. The predicted molar refractivity (Wildman–Crippen MR) is 84.3 cm³/mol. The van der Waals surface area contributed by atoms with Crippen molar-refractivity contribution in [2.45, 2.75) is 71.0 Å². The van der Waals surface area contributed by atoms with Gasteiger partial charge in [0.05, 0.1) is 0 Å². The fraction of sp³-hybridized carbons (Fsp3) is 0.857. The van der Waals surface area contributed by atoms with Gasteiger partial charge in [-0.3, -0.25) is 0 Å². The van der Waals surface area contributed by atoms with Gasteiger partial charge in [0.2, 0.25) is 0 Å². The van der Waals surface area contributed by atoms with E-state index in [1.54, 1.807) is 0 Å². The zero-order valence-corrected chi connectivity index (χ0v) is 14.8. The summed E-state index contributed by atoms with van der Waals surface area (Å²) in [6.45, 7) is 12.5. The molecule has 0 saturated carbocycles. The Labute approximate surface area is 117 Å². The van der Waals surface area contributed by atoms with Crippen LogP contribution in [0.4, 0.5) is 0 Å². The topological polar surface area (TPSA) is 9.23 Å². The molecule has 0 aromatic carbocycles. The molecule has 102 valence electrons. The second kappa shape index (κ2) is 8.49. The maximum Gasteiger partial charge on any atom is 0.191 e. The van der Waals surface area contributed by atoms with Crippen LogP contribution in [0, 0.1) is 0 Å². The van der Waals surface area contributed by atoms with Crippen molar-refractivity contribution in [3.63, 3.8) is 0 Å². The third kappa shape index (κ3) is 8.17. The summed E-state index contributed by atoms with van der Waals surface area (Å²) in [7, 11) is -1.50. The van der Waals surface area contributed by atoms with Crippen LogP contribution in [0.25, 0.3) is 0 Å². The summed E-state index contributed by atoms with van der Waals surface area (Å²) in [6.07, 6.45) is 8.48. The highest BCUT2D eigenvalue weighted by atomic mass is 79.9. The number of rotatable bonds is 8. The lowest BCUT2D eigenvalue weighted by molar-refractivity contribution is 0.277. The van der Waals surface area contributed by atoms with Crippen LogP contribution < -0.4 is 0 Å². The van der Waals surface area contributed by atoms with Gasteiger partial charge in [0, 0.05) is 6.61 Å². The minimum absolute atomic E-state index is 0.341. The Morgan fingerprint density at radius 3 is 2.18 bits per heavy atom. The van der Waals surface area contributed by atoms with Gasteiger partial charge < -0.3 is 4.43 Å². The van der Waals surface area contributed by atoms with Gasteiger partial charge in [-0.2, -0.15) is 0 Å². The van der Waals surface area contributed by atoms with E-state index in [9.17, 15) is 0 Å². The van der Waals surface area contributed by atoms with Crippen LogP contribution in [0.2, 0.25) is 18.1 Å². The highest BCUT2D eigenvalue weighted by Crippen LogP contribution is 2.36. The van der Waals surface area contributed by atoms with Crippen LogP contribution in [-0.2, 0) is 4.43 Å². The van der Waals surface area contributed by atoms with Crippen molar-refractivity contribution < 1.29 is 4.43 Å². The van der Waals surface area contributed by atoms with Crippen LogP contribution in [-0.4, -0.2) is 14.9 Å². The van der Waals surface area contributed by atoms with E-state index in [1.165, 1.54) is 32.1 Å². The first-order chi connectivity index (χ1) is 7.81. The molecular weight excluding hydrogens is 292 g/mol. The van der Waals surface area contributed by atoms with Gasteiger partial charge in [-0.25, -0.2) is 0 Å². The Morgan fingerprint density at radius 2 is 1.65 bits per heavy atom. The van der Waals surface area contributed by atoms with Crippen LogP contribution in [0.5, 0.6) is 0 Å². The molecule has 0 aliphatic rings. The molecular formula is C14H29BrOSi. The molecule has 3 heteroatoms. The molecule has 0 N–H and O–H groups in total. The molecule has 0 spiro atoms. The van der Waals surface area contributed by atoms with E-state index in [1.807, 2.05) is 4.99 Å². The van der Waals surface area contributed by atoms with Crippen molar-refractivity contribution in [1.82, 2.24) is 0 Å². The second-order valence-electron chi connectivity index (χ2n) is 6.17. The normalized spacial score (nSPS) is 13.5. The summed E-state index contributed by atoms with van der Waals surface area (Å²) in [5.74, 6) is 0. The Balaban J connectivity index is 3.52. The summed E-state index contributed by atoms with van der Waals surface area (Å²) in [4.78, 5) is 1.95. The lowest BCUT2D eigenvalue weighted by Crippen LogP contribution is -2.40. The van der Waals surface area contributed by atoms with Gasteiger partial charge in [-0.05, 0) is 42.4 Å². The number of hydrogen-bond donors (Lipinski definition) is 0. The maximum atomic E-state index is 6.14. The molecule has 0 radical (unpaired) electrons. The zero-order valence-electron chi connectivity index (χ0n) is 12.2. The SMILES string of the molecule is CC(C)(C)[Si](C)(C)OCCCCCC/C=C\Br. The zero-order chi connectivity index (χ0) is 13.4. The van der Waals surface area contributed by atoms with Gasteiger partial charge in [0.1, 0.15) is 0 Å². The highest BCUT2D eigenvalue weighted by molar-refractivity contribution is 9.11. The van der Waals surface area contributed by atoms with Crippen molar-refractivity contribution in [3.8, 4) is 0 Å². The Morgan fingerprint density at radius 1 is 1.06 bits per heavy atom.